The summed E-state index contributed by atoms with van der Waals surface area (Å²) in [5.41, 5.74) is 5.83. The molecule has 0 aliphatic carbocycles. The maximum absolute atomic E-state index is 11.2. The van der Waals surface area contributed by atoms with Crippen LogP contribution in [0.5, 0.6) is 17.2 Å². The zero-order valence-electron chi connectivity index (χ0n) is 9.63. The lowest BCUT2D eigenvalue weighted by Crippen LogP contribution is -2.43. The number of phenolic OH excluding ortho intramolecular Hbond substituents is 3. The number of carbonyl (C=O) groups is 1. The molecule has 0 fully saturated rings. The highest BCUT2D eigenvalue weighted by atomic mass is 16.3. The lowest BCUT2D eigenvalue weighted by atomic mass is 10.1. The number of hydrogen-bond acceptors (Lipinski definition) is 6. The first-order chi connectivity index (χ1) is 8.45. The highest BCUT2D eigenvalue weighted by molar-refractivity contribution is 5.81. The third-order valence-corrected chi connectivity index (χ3v) is 2.38. The molecule has 1 atom stereocenters. The van der Waals surface area contributed by atoms with Gasteiger partial charge in [-0.3, -0.25) is 4.79 Å². The van der Waals surface area contributed by atoms with Gasteiger partial charge in [-0.2, -0.15) is 0 Å². The van der Waals surface area contributed by atoms with Crippen LogP contribution in [0.15, 0.2) is 12.1 Å². The van der Waals surface area contributed by atoms with E-state index in [0.717, 1.165) is 0 Å². The highest BCUT2D eigenvalue weighted by Crippen LogP contribution is 2.35. The van der Waals surface area contributed by atoms with E-state index in [1.165, 1.54) is 12.1 Å². The Morgan fingerprint density at radius 3 is 2.33 bits per heavy atom. The van der Waals surface area contributed by atoms with E-state index in [1.807, 2.05) is 0 Å². The molecule has 0 aromatic heterocycles. The molecule has 0 bridgehead atoms. The number of rotatable bonds is 5. The fraction of sp³-hybridized carbons (Fsp3) is 0.364. The number of hydrogen-bond donors (Lipinski definition) is 6. The van der Waals surface area contributed by atoms with E-state index < -0.39 is 35.8 Å². The Kier molecular flexibility index (Phi) is 4.75. The summed E-state index contributed by atoms with van der Waals surface area (Å²) < 4.78 is 0. The quantitative estimate of drug-likeness (QED) is 0.365. The summed E-state index contributed by atoms with van der Waals surface area (Å²) in [6, 6.07) is 1.60. The van der Waals surface area contributed by atoms with Gasteiger partial charge in [-0.05, 0) is 24.1 Å². The van der Waals surface area contributed by atoms with Crippen LogP contribution in [0, 0.1) is 0 Å². The van der Waals surface area contributed by atoms with Crippen LogP contribution in [0.1, 0.15) is 5.56 Å². The maximum Gasteiger partial charge on any atom is 0.239 e. The summed E-state index contributed by atoms with van der Waals surface area (Å²) in [5.74, 6) is -1.92. The molecule has 18 heavy (non-hydrogen) atoms. The molecule has 0 heterocycles. The number of benzene rings is 1. The number of amides is 1. The Hall–Kier alpha value is -1.99. The van der Waals surface area contributed by atoms with Crippen molar-refractivity contribution in [2.24, 2.45) is 5.73 Å². The molecule has 1 aromatic carbocycles. The van der Waals surface area contributed by atoms with Gasteiger partial charge in [-0.15, -0.1) is 0 Å². The monoisotopic (exact) mass is 256 g/mol. The van der Waals surface area contributed by atoms with Crippen LogP contribution < -0.4 is 11.1 Å². The fourth-order valence-corrected chi connectivity index (χ4v) is 1.35. The SMILES string of the molecule is N[C@@H](CO)C(=O)NCCc1cc(O)c(O)c(O)c1. The van der Waals surface area contributed by atoms with Crippen molar-refractivity contribution in [1.82, 2.24) is 5.32 Å². The molecular weight excluding hydrogens is 240 g/mol. The van der Waals surface area contributed by atoms with Crippen LogP contribution in [-0.4, -0.2) is 45.5 Å². The molecular formula is C11H16N2O5. The first-order valence-corrected chi connectivity index (χ1v) is 5.33. The van der Waals surface area contributed by atoms with Gasteiger partial charge >= 0.3 is 0 Å². The number of nitrogens with one attached hydrogen (secondary N) is 1. The molecule has 7 N–H and O–H groups in total. The van der Waals surface area contributed by atoms with Gasteiger partial charge in [0, 0.05) is 6.54 Å². The first kappa shape index (κ1) is 14.1. The number of aliphatic hydroxyl groups excluding tert-OH is 1. The molecule has 0 aliphatic heterocycles. The molecule has 1 rings (SSSR count). The van der Waals surface area contributed by atoms with E-state index in [0.29, 0.717) is 12.0 Å². The minimum atomic E-state index is -0.966. The zero-order chi connectivity index (χ0) is 13.7. The highest BCUT2D eigenvalue weighted by Gasteiger charge is 2.12. The smallest absolute Gasteiger partial charge is 0.239 e. The van der Waals surface area contributed by atoms with E-state index in [9.17, 15) is 15.0 Å². The average Bonchev–Trinajstić information content (AvgIpc) is 2.34. The van der Waals surface area contributed by atoms with Crippen LogP contribution in [0.25, 0.3) is 0 Å². The molecule has 100 valence electrons. The van der Waals surface area contributed by atoms with Gasteiger partial charge in [0.25, 0.3) is 0 Å². The zero-order valence-corrected chi connectivity index (χ0v) is 9.63. The molecule has 0 spiro atoms. The Morgan fingerprint density at radius 1 is 1.28 bits per heavy atom. The van der Waals surface area contributed by atoms with Gasteiger partial charge in [-0.25, -0.2) is 0 Å². The molecule has 0 aliphatic rings. The van der Waals surface area contributed by atoms with Gasteiger partial charge in [0.15, 0.2) is 17.2 Å². The van der Waals surface area contributed by atoms with Crippen molar-refractivity contribution in [3.05, 3.63) is 17.7 Å². The molecule has 0 saturated carbocycles. The van der Waals surface area contributed by atoms with Crippen molar-refractivity contribution in [3.63, 3.8) is 0 Å². The summed E-state index contributed by atoms with van der Waals surface area (Å²) in [6.45, 7) is -0.206. The predicted octanol–water partition coefficient (Wildman–Crippen LogP) is -1.22. The Balaban J connectivity index is 2.52. The summed E-state index contributed by atoms with van der Waals surface area (Å²) in [7, 11) is 0. The second-order valence-electron chi connectivity index (χ2n) is 3.81. The third kappa shape index (κ3) is 3.51. The van der Waals surface area contributed by atoms with Crippen LogP contribution in [-0.2, 0) is 11.2 Å². The number of carbonyl (C=O) groups excluding carboxylic acids is 1. The molecule has 7 heteroatoms. The largest absolute Gasteiger partial charge is 0.504 e. The molecule has 7 nitrogen and oxygen atoms in total. The van der Waals surface area contributed by atoms with Gasteiger partial charge in [0.05, 0.1) is 6.61 Å². The van der Waals surface area contributed by atoms with E-state index in [4.69, 9.17) is 15.9 Å². The first-order valence-electron chi connectivity index (χ1n) is 5.33. The van der Waals surface area contributed by atoms with E-state index in [2.05, 4.69) is 5.32 Å². The number of nitrogens with two attached hydrogens (primary N) is 1. The maximum atomic E-state index is 11.2. The van der Waals surface area contributed by atoms with Crippen molar-refractivity contribution in [2.45, 2.75) is 12.5 Å². The van der Waals surface area contributed by atoms with Crippen molar-refractivity contribution < 1.29 is 25.2 Å². The summed E-state index contributed by atoms with van der Waals surface area (Å²) in [5, 5.41) is 38.8. The predicted molar refractivity (Wildman–Crippen MR) is 63.2 cm³/mol. The number of phenols is 3. The van der Waals surface area contributed by atoms with Gasteiger partial charge in [0.2, 0.25) is 5.91 Å². The normalized spacial score (nSPS) is 12.1. The van der Waals surface area contributed by atoms with Crippen LogP contribution in [0.4, 0.5) is 0 Å². The van der Waals surface area contributed by atoms with E-state index >= 15 is 0 Å². The second-order valence-corrected chi connectivity index (χ2v) is 3.81. The van der Waals surface area contributed by atoms with Gasteiger partial charge < -0.3 is 31.5 Å². The molecule has 1 amide bonds. The number of aliphatic hydroxyl groups is 1. The molecule has 0 saturated heterocycles. The van der Waals surface area contributed by atoms with E-state index in [1.54, 1.807) is 0 Å². The minimum absolute atomic E-state index is 0.232. The number of aromatic hydroxyl groups is 3. The minimum Gasteiger partial charge on any atom is -0.504 e. The second kappa shape index (κ2) is 6.08. The van der Waals surface area contributed by atoms with Crippen molar-refractivity contribution in [2.75, 3.05) is 13.2 Å². The van der Waals surface area contributed by atoms with Crippen LogP contribution in [0.2, 0.25) is 0 Å². The summed E-state index contributed by atoms with van der Waals surface area (Å²) in [6.07, 6.45) is 0.339. The van der Waals surface area contributed by atoms with Crippen molar-refractivity contribution in [3.8, 4) is 17.2 Å². The molecule has 1 aromatic rings. The average molecular weight is 256 g/mol. The summed E-state index contributed by atoms with van der Waals surface area (Å²) in [4.78, 5) is 11.2. The van der Waals surface area contributed by atoms with Gasteiger partial charge in [0.1, 0.15) is 6.04 Å². The standard InChI is InChI=1S/C11H16N2O5/c12-7(5-14)11(18)13-2-1-6-3-8(15)10(17)9(16)4-6/h3-4,7,14-17H,1-2,5,12H2,(H,13,18)/t7-/m0/s1. The topological polar surface area (TPSA) is 136 Å². The Bertz CT molecular complexity index is 412. The lowest BCUT2D eigenvalue weighted by molar-refractivity contribution is -0.123. The van der Waals surface area contributed by atoms with Crippen molar-refractivity contribution in [1.29, 1.82) is 0 Å². The van der Waals surface area contributed by atoms with Crippen molar-refractivity contribution >= 4 is 5.91 Å². The van der Waals surface area contributed by atoms with Crippen LogP contribution in [0.3, 0.4) is 0 Å². The Labute approximate surface area is 103 Å². The summed E-state index contributed by atoms with van der Waals surface area (Å²) >= 11 is 0. The fourth-order valence-electron chi connectivity index (χ4n) is 1.35. The molecule has 0 unspecified atom stereocenters. The molecule has 0 radical (unpaired) electrons. The lowest BCUT2D eigenvalue weighted by Gasteiger charge is -2.10. The van der Waals surface area contributed by atoms with Gasteiger partial charge in [-0.1, -0.05) is 0 Å². The van der Waals surface area contributed by atoms with E-state index in [-0.39, 0.29) is 6.54 Å². The third-order valence-electron chi connectivity index (χ3n) is 2.38. The Morgan fingerprint density at radius 2 is 1.83 bits per heavy atom. The van der Waals surface area contributed by atoms with Crippen LogP contribution >= 0.6 is 0 Å².